The molecule has 3 heterocycles. The number of nitrogens with one attached hydrogen (secondary N) is 1. The zero-order chi connectivity index (χ0) is 18.9. The van der Waals surface area contributed by atoms with Gasteiger partial charge in [-0.15, -0.1) is 11.6 Å². The van der Waals surface area contributed by atoms with Gasteiger partial charge in [0.1, 0.15) is 5.88 Å². The standard InChI is InChI=1S/C17H26BClN4O3/c1-16(2)17(3,4)26-18(25-16)12-9-20-15(21-10-12)23-7-5-6-13(11-23)22-14(24)8-19/h9-10,13H,5-8,11H2,1-4H3,(H,22,24)/t13-/m0/s1. The lowest BCUT2D eigenvalue weighted by atomic mass is 9.81. The van der Waals surface area contributed by atoms with Gasteiger partial charge in [-0.2, -0.15) is 0 Å². The lowest BCUT2D eigenvalue weighted by Gasteiger charge is -2.33. The van der Waals surface area contributed by atoms with Gasteiger partial charge in [-0.3, -0.25) is 4.79 Å². The maximum Gasteiger partial charge on any atom is 0.498 e. The number of halogens is 1. The van der Waals surface area contributed by atoms with Crippen molar-refractivity contribution in [2.24, 2.45) is 0 Å². The molecule has 1 aromatic rings. The van der Waals surface area contributed by atoms with E-state index in [1.807, 2.05) is 27.7 Å². The first-order valence-corrected chi connectivity index (χ1v) is 9.53. The lowest BCUT2D eigenvalue weighted by molar-refractivity contribution is -0.119. The fourth-order valence-corrected chi connectivity index (χ4v) is 3.22. The predicted octanol–water partition coefficient (Wildman–Crippen LogP) is 1.10. The maximum absolute atomic E-state index is 11.5. The Morgan fingerprint density at radius 1 is 1.31 bits per heavy atom. The van der Waals surface area contributed by atoms with Crippen LogP contribution in [0.1, 0.15) is 40.5 Å². The SMILES string of the molecule is CC1(C)OB(c2cnc(N3CCC[C@H](NC(=O)CCl)C3)nc2)OC1(C)C. The van der Waals surface area contributed by atoms with Gasteiger partial charge in [-0.1, -0.05) is 0 Å². The van der Waals surface area contributed by atoms with Crippen molar-refractivity contribution in [1.29, 1.82) is 0 Å². The Balaban J connectivity index is 1.65. The first kappa shape index (κ1) is 19.4. The molecule has 0 aromatic carbocycles. The van der Waals surface area contributed by atoms with Crippen LogP contribution in [-0.2, 0) is 14.1 Å². The van der Waals surface area contributed by atoms with Gasteiger partial charge in [0.05, 0.1) is 11.2 Å². The van der Waals surface area contributed by atoms with Crippen LogP contribution in [-0.4, -0.2) is 59.2 Å². The molecule has 1 atom stereocenters. The van der Waals surface area contributed by atoms with Gasteiger partial charge in [-0.05, 0) is 40.5 Å². The summed E-state index contributed by atoms with van der Waals surface area (Å²) in [6, 6.07) is 0.0707. The number of rotatable bonds is 4. The summed E-state index contributed by atoms with van der Waals surface area (Å²) >= 11 is 5.57. The molecule has 0 aliphatic carbocycles. The molecule has 3 rings (SSSR count). The molecular weight excluding hydrogens is 354 g/mol. The van der Waals surface area contributed by atoms with E-state index in [4.69, 9.17) is 20.9 Å². The highest BCUT2D eigenvalue weighted by Crippen LogP contribution is 2.36. The first-order valence-electron chi connectivity index (χ1n) is 9.00. The lowest BCUT2D eigenvalue weighted by Crippen LogP contribution is -2.48. The average molecular weight is 381 g/mol. The van der Waals surface area contributed by atoms with E-state index in [9.17, 15) is 4.79 Å². The Morgan fingerprint density at radius 2 is 1.92 bits per heavy atom. The van der Waals surface area contributed by atoms with Gasteiger partial charge >= 0.3 is 7.12 Å². The van der Waals surface area contributed by atoms with Gasteiger partial charge in [0.25, 0.3) is 0 Å². The topological polar surface area (TPSA) is 76.6 Å². The molecule has 0 bridgehead atoms. The fourth-order valence-electron chi connectivity index (χ4n) is 3.14. The highest BCUT2D eigenvalue weighted by molar-refractivity contribution is 6.61. The minimum Gasteiger partial charge on any atom is -0.399 e. The molecule has 2 fully saturated rings. The van der Waals surface area contributed by atoms with Crippen molar-refractivity contribution in [1.82, 2.24) is 15.3 Å². The molecule has 142 valence electrons. The molecule has 1 N–H and O–H groups in total. The third-order valence-corrected chi connectivity index (χ3v) is 5.62. The first-order chi connectivity index (χ1) is 12.2. The fraction of sp³-hybridized carbons (Fsp3) is 0.706. The Hall–Kier alpha value is -1.38. The maximum atomic E-state index is 11.5. The molecule has 0 unspecified atom stereocenters. The summed E-state index contributed by atoms with van der Waals surface area (Å²) in [5, 5.41) is 2.93. The monoisotopic (exact) mass is 380 g/mol. The van der Waals surface area contributed by atoms with E-state index in [2.05, 4.69) is 20.2 Å². The van der Waals surface area contributed by atoms with E-state index in [-0.39, 0.29) is 17.8 Å². The summed E-state index contributed by atoms with van der Waals surface area (Å²) in [5.41, 5.74) is 0.0186. The quantitative estimate of drug-likeness (QED) is 0.623. The van der Waals surface area contributed by atoms with Crippen molar-refractivity contribution in [3.63, 3.8) is 0 Å². The van der Waals surface area contributed by atoms with Crippen LogP contribution in [0.3, 0.4) is 0 Å². The predicted molar refractivity (Wildman–Crippen MR) is 102 cm³/mol. The van der Waals surface area contributed by atoms with Crippen LogP contribution in [0.5, 0.6) is 0 Å². The van der Waals surface area contributed by atoms with E-state index in [0.717, 1.165) is 24.8 Å². The van der Waals surface area contributed by atoms with Gasteiger partial charge in [0.15, 0.2) is 0 Å². The van der Waals surface area contributed by atoms with Crippen LogP contribution in [0.2, 0.25) is 0 Å². The molecule has 0 spiro atoms. The summed E-state index contributed by atoms with van der Waals surface area (Å²) in [6.07, 6.45) is 5.41. The van der Waals surface area contributed by atoms with E-state index < -0.39 is 18.3 Å². The smallest absolute Gasteiger partial charge is 0.399 e. The number of hydrogen-bond acceptors (Lipinski definition) is 6. The summed E-state index contributed by atoms with van der Waals surface area (Å²) in [7, 11) is -0.467. The van der Waals surface area contributed by atoms with Gasteiger partial charge in [0, 0.05) is 37.0 Å². The molecule has 2 aliphatic rings. The summed E-state index contributed by atoms with van der Waals surface area (Å²) in [6.45, 7) is 9.62. The third kappa shape index (κ3) is 3.97. The second-order valence-electron chi connectivity index (χ2n) is 7.89. The number of carbonyl (C=O) groups is 1. The van der Waals surface area contributed by atoms with Crippen LogP contribution in [0.15, 0.2) is 12.4 Å². The van der Waals surface area contributed by atoms with Crippen LogP contribution in [0.4, 0.5) is 5.95 Å². The number of nitrogens with zero attached hydrogens (tertiary/aromatic N) is 3. The van der Waals surface area contributed by atoms with E-state index in [1.54, 1.807) is 12.4 Å². The van der Waals surface area contributed by atoms with E-state index >= 15 is 0 Å². The molecule has 9 heteroatoms. The Kier molecular flexibility index (Phi) is 5.46. The second-order valence-corrected chi connectivity index (χ2v) is 8.16. The normalized spacial score (nSPS) is 24.6. The minimum absolute atomic E-state index is 0.0181. The van der Waals surface area contributed by atoms with Crippen LogP contribution in [0, 0.1) is 0 Å². The molecule has 2 aliphatic heterocycles. The number of alkyl halides is 1. The average Bonchev–Trinajstić information content (AvgIpc) is 2.83. The van der Waals surface area contributed by atoms with Gasteiger partial charge in [-0.25, -0.2) is 9.97 Å². The molecule has 1 aromatic heterocycles. The minimum atomic E-state index is -0.467. The Morgan fingerprint density at radius 3 is 2.50 bits per heavy atom. The largest absolute Gasteiger partial charge is 0.498 e. The zero-order valence-corrected chi connectivity index (χ0v) is 16.5. The third-order valence-electron chi connectivity index (χ3n) is 5.37. The van der Waals surface area contributed by atoms with Crippen molar-refractivity contribution in [3.8, 4) is 0 Å². The number of hydrogen-bond donors (Lipinski definition) is 1. The molecule has 0 radical (unpaired) electrons. The van der Waals surface area contributed by atoms with Crippen molar-refractivity contribution in [2.75, 3.05) is 23.9 Å². The van der Waals surface area contributed by atoms with Gasteiger partial charge in [0.2, 0.25) is 11.9 Å². The summed E-state index contributed by atoms with van der Waals surface area (Å²) in [4.78, 5) is 22.6. The summed E-state index contributed by atoms with van der Waals surface area (Å²) in [5.74, 6) is 0.487. The van der Waals surface area contributed by atoms with Crippen molar-refractivity contribution < 1.29 is 14.1 Å². The number of piperidine rings is 1. The number of carbonyl (C=O) groups excluding carboxylic acids is 1. The number of anilines is 1. The second kappa shape index (κ2) is 7.33. The Bertz CT molecular complexity index is 640. The van der Waals surface area contributed by atoms with Crippen LogP contribution in [0.25, 0.3) is 0 Å². The van der Waals surface area contributed by atoms with Gasteiger partial charge < -0.3 is 19.5 Å². The van der Waals surface area contributed by atoms with Crippen LogP contribution >= 0.6 is 11.6 Å². The van der Waals surface area contributed by atoms with Crippen molar-refractivity contribution >= 4 is 36.0 Å². The molecule has 7 nitrogen and oxygen atoms in total. The highest BCUT2D eigenvalue weighted by atomic mass is 35.5. The Labute approximate surface area is 159 Å². The molecule has 2 saturated heterocycles. The highest BCUT2D eigenvalue weighted by Gasteiger charge is 2.52. The van der Waals surface area contributed by atoms with E-state index in [1.165, 1.54) is 0 Å². The van der Waals surface area contributed by atoms with E-state index in [0.29, 0.717) is 12.5 Å². The number of aromatic nitrogens is 2. The molecule has 1 amide bonds. The van der Waals surface area contributed by atoms with Crippen LogP contribution < -0.4 is 15.7 Å². The molecule has 0 saturated carbocycles. The van der Waals surface area contributed by atoms with Crippen molar-refractivity contribution in [3.05, 3.63) is 12.4 Å². The summed E-state index contributed by atoms with van der Waals surface area (Å²) < 4.78 is 12.1. The zero-order valence-electron chi connectivity index (χ0n) is 15.8. The molecular formula is C17H26BClN4O3. The molecule has 26 heavy (non-hydrogen) atoms. The number of amides is 1. The van der Waals surface area contributed by atoms with Crippen molar-refractivity contribution in [2.45, 2.75) is 57.8 Å².